The number of rotatable bonds is 3. The molecule has 0 amide bonds. The highest BCUT2D eigenvalue weighted by Crippen LogP contribution is 2.19. The topological polar surface area (TPSA) is 72.9 Å². The van der Waals surface area contributed by atoms with Gasteiger partial charge in [0.2, 0.25) is 5.95 Å². The van der Waals surface area contributed by atoms with E-state index in [0.29, 0.717) is 12.4 Å². The highest BCUT2D eigenvalue weighted by atomic mass is 16.4. The zero-order valence-corrected chi connectivity index (χ0v) is 11.2. The number of nitrogens with zero attached hydrogens (tertiary/aromatic N) is 4. The SMILES string of the molecule is CCc1cc(C(=O)O)nn1-c1nc2ccccc2n1C. The number of para-hydroxylation sites is 2. The lowest BCUT2D eigenvalue weighted by atomic mass is 10.3. The van der Waals surface area contributed by atoms with Crippen LogP contribution >= 0.6 is 0 Å². The van der Waals surface area contributed by atoms with E-state index in [1.807, 2.05) is 42.8 Å². The Morgan fingerprint density at radius 3 is 2.75 bits per heavy atom. The molecule has 2 aromatic heterocycles. The molecular formula is C14H14N4O2. The van der Waals surface area contributed by atoms with Crippen LogP contribution < -0.4 is 0 Å². The van der Waals surface area contributed by atoms with Crippen molar-refractivity contribution in [2.45, 2.75) is 13.3 Å². The van der Waals surface area contributed by atoms with Gasteiger partial charge in [0.15, 0.2) is 5.69 Å². The molecule has 102 valence electrons. The number of aromatic nitrogens is 4. The molecule has 0 aliphatic carbocycles. The van der Waals surface area contributed by atoms with E-state index >= 15 is 0 Å². The van der Waals surface area contributed by atoms with E-state index in [1.54, 1.807) is 10.7 Å². The standard InChI is InChI=1S/C14H14N4O2/c1-3-9-8-11(13(19)20)16-18(9)14-15-10-6-4-5-7-12(10)17(14)2/h4-8H,3H2,1-2H3,(H,19,20). The molecule has 1 aromatic carbocycles. The molecule has 3 rings (SSSR count). The number of benzene rings is 1. The number of aryl methyl sites for hydroxylation is 2. The predicted octanol–water partition coefficient (Wildman–Crippen LogP) is 2.02. The number of hydrogen-bond acceptors (Lipinski definition) is 3. The number of carbonyl (C=O) groups is 1. The molecule has 6 heteroatoms. The van der Waals surface area contributed by atoms with E-state index in [2.05, 4.69) is 10.1 Å². The highest BCUT2D eigenvalue weighted by molar-refractivity contribution is 5.85. The summed E-state index contributed by atoms with van der Waals surface area (Å²) in [5, 5.41) is 13.2. The van der Waals surface area contributed by atoms with Gasteiger partial charge >= 0.3 is 5.97 Å². The quantitative estimate of drug-likeness (QED) is 0.790. The second kappa shape index (κ2) is 4.48. The van der Waals surface area contributed by atoms with Gasteiger partial charge in [-0.1, -0.05) is 19.1 Å². The summed E-state index contributed by atoms with van der Waals surface area (Å²) in [7, 11) is 1.90. The predicted molar refractivity (Wildman–Crippen MR) is 74.2 cm³/mol. The maximum atomic E-state index is 11.1. The Morgan fingerprint density at radius 1 is 1.35 bits per heavy atom. The maximum absolute atomic E-state index is 11.1. The van der Waals surface area contributed by atoms with E-state index in [1.165, 1.54) is 0 Å². The molecular weight excluding hydrogens is 256 g/mol. The molecule has 0 atom stereocenters. The summed E-state index contributed by atoms with van der Waals surface area (Å²) in [5.41, 5.74) is 2.70. The van der Waals surface area contributed by atoms with Gasteiger partial charge in [-0.2, -0.15) is 5.10 Å². The third-order valence-electron chi connectivity index (χ3n) is 3.32. The second-order valence-corrected chi connectivity index (χ2v) is 4.55. The van der Waals surface area contributed by atoms with E-state index in [4.69, 9.17) is 5.11 Å². The largest absolute Gasteiger partial charge is 0.476 e. The average Bonchev–Trinajstić information content (AvgIpc) is 3.01. The molecule has 0 aliphatic rings. The van der Waals surface area contributed by atoms with Crippen molar-refractivity contribution in [3.8, 4) is 5.95 Å². The van der Waals surface area contributed by atoms with Crippen LogP contribution in [0.15, 0.2) is 30.3 Å². The van der Waals surface area contributed by atoms with Gasteiger partial charge in [0.05, 0.1) is 11.0 Å². The summed E-state index contributed by atoms with van der Waals surface area (Å²) in [6.45, 7) is 1.96. The number of carboxylic acid groups (broad SMARTS) is 1. The zero-order valence-electron chi connectivity index (χ0n) is 11.2. The van der Waals surface area contributed by atoms with Gasteiger partial charge in [0.25, 0.3) is 0 Å². The summed E-state index contributed by atoms with van der Waals surface area (Å²) in [6, 6.07) is 9.35. The van der Waals surface area contributed by atoms with Crippen LogP contribution in [-0.2, 0) is 13.5 Å². The fourth-order valence-electron chi connectivity index (χ4n) is 2.27. The van der Waals surface area contributed by atoms with Gasteiger partial charge < -0.3 is 9.67 Å². The number of aromatic carboxylic acids is 1. The highest BCUT2D eigenvalue weighted by Gasteiger charge is 2.17. The van der Waals surface area contributed by atoms with Gasteiger partial charge in [-0.15, -0.1) is 0 Å². The van der Waals surface area contributed by atoms with Crippen molar-refractivity contribution in [1.29, 1.82) is 0 Å². The van der Waals surface area contributed by atoms with Crippen LogP contribution in [0.3, 0.4) is 0 Å². The molecule has 20 heavy (non-hydrogen) atoms. The van der Waals surface area contributed by atoms with Crippen molar-refractivity contribution in [3.05, 3.63) is 41.7 Å². The summed E-state index contributed by atoms with van der Waals surface area (Å²) >= 11 is 0. The van der Waals surface area contributed by atoms with Crippen LogP contribution in [0.2, 0.25) is 0 Å². The Labute approximate surface area is 115 Å². The first-order valence-corrected chi connectivity index (χ1v) is 6.36. The van der Waals surface area contributed by atoms with Gasteiger partial charge in [-0.3, -0.25) is 0 Å². The third-order valence-corrected chi connectivity index (χ3v) is 3.32. The first-order valence-electron chi connectivity index (χ1n) is 6.36. The molecule has 1 N–H and O–H groups in total. The first-order chi connectivity index (χ1) is 9.61. The molecule has 0 fully saturated rings. The lowest BCUT2D eigenvalue weighted by molar-refractivity contribution is 0.0690. The van der Waals surface area contributed by atoms with Crippen LogP contribution in [0.4, 0.5) is 0 Å². The summed E-state index contributed by atoms with van der Waals surface area (Å²) < 4.78 is 3.51. The van der Waals surface area contributed by atoms with E-state index in [-0.39, 0.29) is 5.69 Å². The zero-order chi connectivity index (χ0) is 14.3. The molecule has 0 spiro atoms. The molecule has 0 radical (unpaired) electrons. The fourth-order valence-corrected chi connectivity index (χ4v) is 2.27. The van der Waals surface area contributed by atoms with Crippen molar-refractivity contribution in [2.75, 3.05) is 0 Å². The fraction of sp³-hybridized carbons (Fsp3) is 0.214. The lowest BCUT2D eigenvalue weighted by Crippen LogP contribution is -2.09. The third kappa shape index (κ3) is 1.77. The van der Waals surface area contributed by atoms with Crippen LogP contribution in [0.25, 0.3) is 17.0 Å². The van der Waals surface area contributed by atoms with Crippen molar-refractivity contribution < 1.29 is 9.90 Å². The molecule has 6 nitrogen and oxygen atoms in total. The smallest absolute Gasteiger partial charge is 0.356 e. The van der Waals surface area contributed by atoms with Gasteiger partial charge in [-0.25, -0.2) is 14.5 Å². The van der Waals surface area contributed by atoms with Crippen LogP contribution in [-0.4, -0.2) is 30.4 Å². The Bertz CT molecular complexity index is 801. The Balaban J connectivity index is 2.24. The Morgan fingerprint density at radius 2 is 2.10 bits per heavy atom. The molecule has 3 aromatic rings. The second-order valence-electron chi connectivity index (χ2n) is 4.55. The van der Waals surface area contributed by atoms with Crippen LogP contribution in [0.1, 0.15) is 23.1 Å². The normalized spacial score (nSPS) is 11.1. The van der Waals surface area contributed by atoms with Crippen molar-refractivity contribution >= 4 is 17.0 Å². The summed E-state index contributed by atoms with van der Waals surface area (Å²) in [5.74, 6) is -0.409. The monoisotopic (exact) mass is 270 g/mol. The van der Waals surface area contributed by atoms with E-state index < -0.39 is 5.97 Å². The van der Waals surface area contributed by atoms with Crippen molar-refractivity contribution in [1.82, 2.24) is 19.3 Å². The van der Waals surface area contributed by atoms with E-state index in [0.717, 1.165) is 16.7 Å². The minimum atomic E-state index is -1.03. The van der Waals surface area contributed by atoms with E-state index in [9.17, 15) is 4.79 Å². The molecule has 0 saturated heterocycles. The van der Waals surface area contributed by atoms with Crippen LogP contribution in [0.5, 0.6) is 0 Å². The average molecular weight is 270 g/mol. The minimum Gasteiger partial charge on any atom is -0.476 e. The first kappa shape index (κ1) is 12.4. The maximum Gasteiger partial charge on any atom is 0.356 e. The summed E-state index contributed by atoms with van der Waals surface area (Å²) in [6.07, 6.45) is 0.684. The molecule has 0 bridgehead atoms. The summed E-state index contributed by atoms with van der Waals surface area (Å²) in [4.78, 5) is 15.6. The molecule has 0 aliphatic heterocycles. The molecule has 0 unspecified atom stereocenters. The number of fused-ring (bicyclic) bond motifs is 1. The number of hydrogen-bond donors (Lipinski definition) is 1. The van der Waals surface area contributed by atoms with Gasteiger partial charge in [0.1, 0.15) is 0 Å². The molecule has 2 heterocycles. The Kier molecular flexibility index (Phi) is 2.78. The Hall–Kier alpha value is -2.63. The minimum absolute atomic E-state index is 0.0360. The molecule has 0 saturated carbocycles. The number of carboxylic acids is 1. The van der Waals surface area contributed by atoms with Gasteiger partial charge in [-0.05, 0) is 24.6 Å². The van der Waals surface area contributed by atoms with Gasteiger partial charge in [0, 0.05) is 12.7 Å². The number of imidazole rings is 1. The van der Waals surface area contributed by atoms with Crippen molar-refractivity contribution in [3.63, 3.8) is 0 Å². The van der Waals surface area contributed by atoms with Crippen molar-refractivity contribution in [2.24, 2.45) is 7.05 Å². The van der Waals surface area contributed by atoms with Crippen LogP contribution in [0, 0.1) is 0 Å². The lowest BCUT2D eigenvalue weighted by Gasteiger charge is -2.05.